The SMILES string of the molecule is CC1(C)CC(C=C2SC(=S)N(CCC(=O)O)C2=O)=CC=C1O. The molecule has 0 saturated carbocycles. The average Bonchev–Trinajstić information content (AvgIpc) is 2.66. The predicted molar refractivity (Wildman–Crippen MR) is 89.4 cm³/mol. The Hall–Kier alpha value is -1.60. The number of carboxylic acids is 1. The van der Waals surface area contributed by atoms with Gasteiger partial charge in [-0.15, -0.1) is 0 Å². The third kappa shape index (κ3) is 3.59. The minimum absolute atomic E-state index is 0.0859. The van der Waals surface area contributed by atoms with Gasteiger partial charge in [-0.25, -0.2) is 0 Å². The van der Waals surface area contributed by atoms with Gasteiger partial charge in [0.15, 0.2) is 0 Å². The van der Waals surface area contributed by atoms with Gasteiger partial charge in [0.1, 0.15) is 4.32 Å². The summed E-state index contributed by atoms with van der Waals surface area (Å²) in [5, 5.41) is 18.5. The Labute approximate surface area is 138 Å². The Balaban J connectivity index is 2.15. The van der Waals surface area contributed by atoms with Crippen molar-refractivity contribution in [1.29, 1.82) is 0 Å². The highest BCUT2D eigenvalue weighted by atomic mass is 32.2. The Morgan fingerprint density at radius 2 is 2.18 bits per heavy atom. The lowest BCUT2D eigenvalue weighted by atomic mass is 9.80. The molecule has 1 amide bonds. The van der Waals surface area contributed by atoms with Crippen LogP contribution < -0.4 is 0 Å². The zero-order chi connectivity index (χ0) is 16.5. The van der Waals surface area contributed by atoms with Crippen LogP contribution in [0.2, 0.25) is 0 Å². The lowest BCUT2D eigenvalue weighted by Gasteiger charge is -2.27. The number of amides is 1. The van der Waals surface area contributed by atoms with Gasteiger partial charge in [-0.3, -0.25) is 14.5 Å². The number of hydrogen-bond acceptors (Lipinski definition) is 5. The van der Waals surface area contributed by atoms with Gasteiger partial charge >= 0.3 is 5.97 Å². The van der Waals surface area contributed by atoms with Crippen LogP contribution in [0.4, 0.5) is 0 Å². The molecule has 0 unspecified atom stereocenters. The smallest absolute Gasteiger partial charge is 0.305 e. The highest BCUT2D eigenvalue weighted by Gasteiger charge is 2.33. The van der Waals surface area contributed by atoms with Crippen molar-refractivity contribution in [3.63, 3.8) is 0 Å². The van der Waals surface area contributed by atoms with Crippen LogP contribution in [0.5, 0.6) is 0 Å². The van der Waals surface area contributed by atoms with Gasteiger partial charge in [-0.2, -0.15) is 0 Å². The molecule has 2 aliphatic rings. The summed E-state index contributed by atoms with van der Waals surface area (Å²) in [5.41, 5.74) is 0.568. The second kappa shape index (κ2) is 6.26. The molecule has 1 heterocycles. The quantitative estimate of drug-likeness (QED) is 0.605. The number of carbonyl (C=O) groups excluding carboxylic acids is 1. The Morgan fingerprint density at radius 3 is 2.77 bits per heavy atom. The maximum atomic E-state index is 12.3. The van der Waals surface area contributed by atoms with Crippen molar-refractivity contribution in [2.75, 3.05) is 6.54 Å². The van der Waals surface area contributed by atoms with Gasteiger partial charge in [0, 0.05) is 12.0 Å². The maximum Gasteiger partial charge on any atom is 0.305 e. The number of allylic oxidation sites excluding steroid dienone is 5. The monoisotopic (exact) mass is 339 g/mol. The average molecular weight is 339 g/mol. The molecule has 1 aliphatic carbocycles. The molecule has 2 N–H and O–H groups in total. The molecule has 0 aromatic rings. The topological polar surface area (TPSA) is 77.8 Å². The standard InChI is InChI=1S/C15H17NO4S2/c1-15(2)8-9(3-4-11(15)17)7-10-13(20)16(14(21)22-10)6-5-12(18)19/h3-4,7,17H,5-6,8H2,1-2H3,(H,18,19). The summed E-state index contributed by atoms with van der Waals surface area (Å²) in [6.45, 7) is 3.94. The zero-order valence-corrected chi connectivity index (χ0v) is 14.0. The molecule has 0 bridgehead atoms. The normalized spacial score (nSPS) is 22.8. The van der Waals surface area contributed by atoms with Crippen LogP contribution >= 0.6 is 24.0 Å². The van der Waals surface area contributed by atoms with Crippen molar-refractivity contribution >= 4 is 40.2 Å². The largest absolute Gasteiger partial charge is 0.512 e. The maximum absolute atomic E-state index is 12.3. The molecule has 0 aromatic carbocycles. The summed E-state index contributed by atoms with van der Waals surface area (Å²) in [4.78, 5) is 24.7. The van der Waals surface area contributed by atoms with Crippen molar-refractivity contribution in [3.05, 3.63) is 34.5 Å². The van der Waals surface area contributed by atoms with E-state index in [1.54, 1.807) is 18.2 Å². The van der Waals surface area contributed by atoms with E-state index in [1.165, 1.54) is 16.7 Å². The second-order valence-electron chi connectivity index (χ2n) is 5.83. The van der Waals surface area contributed by atoms with E-state index in [2.05, 4.69) is 0 Å². The van der Waals surface area contributed by atoms with Gasteiger partial charge in [0.2, 0.25) is 0 Å². The van der Waals surface area contributed by atoms with Gasteiger partial charge in [0.05, 0.1) is 17.1 Å². The lowest BCUT2D eigenvalue weighted by Crippen LogP contribution is -2.30. The van der Waals surface area contributed by atoms with Gasteiger partial charge in [-0.1, -0.05) is 43.9 Å². The third-order valence-electron chi connectivity index (χ3n) is 3.53. The second-order valence-corrected chi connectivity index (χ2v) is 7.51. The molecular formula is C15H17NO4S2. The number of thioether (sulfide) groups is 1. The molecule has 0 spiro atoms. The Kier molecular flexibility index (Phi) is 4.77. The fraction of sp³-hybridized carbons (Fsp3) is 0.400. The van der Waals surface area contributed by atoms with Crippen molar-refractivity contribution in [2.24, 2.45) is 5.41 Å². The van der Waals surface area contributed by atoms with Crippen molar-refractivity contribution in [2.45, 2.75) is 26.7 Å². The first kappa shape index (κ1) is 16.8. The number of carbonyl (C=O) groups is 2. The molecule has 118 valence electrons. The van der Waals surface area contributed by atoms with Crippen LogP contribution in [0.15, 0.2) is 34.5 Å². The predicted octanol–water partition coefficient (Wildman–Crippen LogP) is 3.00. The number of aliphatic hydroxyl groups is 1. The molecule has 2 rings (SSSR count). The van der Waals surface area contributed by atoms with E-state index in [-0.39, 0.29) is 24.3 Å². The Bertz CT molecular complexity index is 631. The first-order valence-electron chi connectivity index (χ1n) is 6.78. The van der Waals surface area contributed by atoms with Crippen LogP contribution in [0.1, 0.15) is 26.7 Å². The van der Waals surface area contributed by atoms with E-state index < -0.39 is 5.97 Å². The summed E-state index contributed by atoms with van der Waals surface area (Å²) in [5.74, 6) is -0.900. The van der Waals surface area contributed by atoms with E-state index in [9.17, 15) is 14.7 Å². The number of rotatable bonds is 4. The van der Waals surface area contributed by atoms with Gasteiger partial charge in [-0.05, 0) is 24.1 Å². The molecule has 1 fully saturated rings. The fourth-order valence-corrected chi connectivity index (χ4v) is 3.56. The van der Waals surface area contributed by atoms with Crippen LogP contribution in [-0.4, -0.2) is 37.9 Å². The zero-order valence-electron chi connectivity index (χ0n) is 12.3. The van der Waals surface area contributed by atoms with Crippen LogP contribution in [-0.2, 0) is 9.59 Å². The van der Waals surface area contributed by atoms with E-state index in [0.717, 1.165) is 5.57 Å². The summed E-state index contributed by atoms with van der Waals surface area (Å²) in [7, 11) is 0. The molecule has 0 radical (unpaired) electrons. The van der Waals surface area contributed by atoms with Gasteiger partial charge in [0.25, 0.3) is 5.91 Å². The van der Waals surface area contributed by atoms with E-state index in [4.69, 9.17) is 17.3 Å². The first-order chi connectivity index (χ1) is 10.2. The van der Waals surface area contributed by atoms with E-state index in [1.807, 2.05) is 13.8 Å². The molecule has 5 nitrogen and oxygen atoms in total. The summed E-state index contributed by atoms with van der Waals surface area (Å²) in [6.07, 6.45) is 5.68. The summed E-state index contributed by atoms with van der Waals surface area (Å²) < 4.78 is 0.381. The van der Waals surface area contributed by atoms with E-state index >= 15 is 0 Å². The third-order valence-corrected chi connectivity index (χ3v) is 4.91. The Morgan fingerprint density at radius 1 is 1.50 bits per heavy atom. The van der Waals surface area contributed by atoms with Crippen molar-refractivity contribution < 1.29 is 19.8 Å². The number of nitrogens with zero attached hydrogens (tertiary/aromatic N) is 1. The number of hydrogen-bond donors (Lipinski definition) is 2. The number of thiocarbonyl (C=S) groups is 1. The minimum Gasteiger partial charge on any atom is -0.512 e. The first-order valence-corrected chi connectivity index (χ1v) is 8.00. The summed E-state index contributed by atoms with van der Waals surface area (Å²) >= 11 is 6.32. The molecular weight excluding hydrogens is 322 g/mol. The fourth-order valence-electron chi connectivity index (χ4n) is 2.24. The number of aliphatic carboxylic acids is 1. The van der Waals surface area contributed by atoms with Crippen LogP contribution in [0, 0.1) is 5.41 Å². The van der Waals surface area contributed by atoms with Crippen LogP contribution in [0.3, 0.4) is 0 Å². The highest BCUT2D eigenvalue weighted by molar-refractivity contribution is 8.26. The number of aliphatic hydroxyl groups excluding tert-OH is 1. The van der Waals surface area contributed by atoms with Gasteiger partial charge < -0.3 is 10.2 Å². The van der Waals surface area contributed by atoms with Crippen LogP contribution in [0.25, 0.3) is 0 Å². The van der Waals surface area contributed by atoms with Crippen molar-refractivity contribution in [3.8, 4) is 0 Å². The highest BCUT2D eigenvalue weighted by Crippen LogP contribution is 2.38. The molecule has 22 heavy (non-hydrogen) atoms. The molecule has 1 saturated heterocycles. The van der Waals surface area contributed by atoms with E-state index in [0.29, 0.717) is 21.4 Å². The minimum atomic E-state index is -0.963. The molecule has 7 heteroatoms. The lowest BCUT2D eigenvalue weighted by molar-refractivity contribution is -0.137. The molecule has 0 atom stereocenters. The molecule has 1 aliphatic heterocycles. The van der Waals surface area contributed by atoms with Crippen molar-refractivity contribution in [1.82, 2.24) is 4.90 Å². The number of carboxylic acid groups (broad SMARTS) is 1. The molecule has 0 aromatic heterocycles. The summed E-state index contributed by atoms with van der Waals surface area (Å²) in [6, 6.07) is 0.